The molecule has 2 rings (SSSR count). The number of nitrogens with one attached hydrogen (secondary N) is 1. The molecule has 1 aromatic rings. The Bertz CT molecular complexity index is 688. The highest BCUT2D eigenvalue weighted by Crippen LogP contribution is 2.14. The number of hydrogen-bond acceptors (Lipinski definition) is 5. The molecular weight excluding hydrogens is 359 g/mol. The number of halogens is 1. The number of rotatable bonds is 8. The Morgan fingerprint density at radius 1 is 1.19 bits per heavy atom. The lowest BCUT2D eigenvalue weighted by Gasteiger charge is -2.32. The fourth-order valence-electron chi connectivity index (χ4n) is 2.73. The van der Waals surface area contributed by atoms with E-state index in [9.17, 15) is 17.6 Å². The summed E-state index contributed by atoms with van der Waals surface area (Å²) in [5.41, 5.74) is 0. The van der Waals surface area contributed by atoms with Gasteiger partial charge in [0.05, 0.1) is 11.4 Å². The number of carbonyl (C=O) groups excluding carboxylic acids is 1. The zero-order chi connectivity index (χ0) is 19.2. The number of piperazine rings is 1. The Hall–Kier alpha value is -1.55. The Labute approximate surface area is 154 Å². The maximum atomic E-state index is 12.9. The molecule has 1 saturated heterocycles. The first-order valence-electron chi connectivity index (χ1n) is 8.68. The molecule has 0 saturated carbocycles. The largest absolute Gasteiger partial charge is 0.355 e. The zero-order valence-corrected chi connectivity index (χ0v) is 16.1. The van der Waals surface area contributed by atoms with Gasteiger partial charge in [0.1, 0.15) is 5.82 Å². The van der Waals surface area contributed by atoms with Gasteiger partial charge in [-0.1, -0.05) is 0 Å². The van der Waals surface area contributed by atoms with Gasteiger partial charge in [0.2, 0.25) is 15.9 Å². The minimum Gasteiger partial charge on any atom is -0.355 e. The van der Waals surface area contributed by atoms with E-state index in [4.69, 9.17) is 0 Å². The first-order valence-corrected chi connectivity index (χ1v) is 10.1. The van der Waals surface area contributed by atoms with E-state index in [0.717, 1.165) is 55.6 Å². The van der Waals surface area contributed by atoms with Crippen molar-refractivity contribution < 1.29 is 17.6 Å². The van der Waals surface area contributed by atoms with Gasteiger partial charge < -0.3 is 15.1 Å². The fraction of sp³-hybridized carbons (Fsp3) is 0.588. The van der Waals surface area contributed by atoms with Crippen LogP contribution in [0, 0.1) is 5.82 Å². The second kappa shape index (κ2) is 9.40. The van der Waals surface area contributed by atoms with Crippen LogP contribution in [0.4, 0.5) is 4.39 Å². The van der Waals surface area contributed by atoms with Gasteiger partial charge in [0, 0.05) is 39.8 Å². The summed E-state index contributed by atoms with van der Waals surface area (Å²) in [6, 6.07) is 4.54. The van der Waals surface area contributed by atoms with Crippen LogP contribution in [0.5, 0.6) is 0 Å². The predicted molar refractivity (Wildman–Crippen MR) is 97.8 cm³/mol. The maximum absolute atomic E-state index is 12.9. The molecule has 0 unspecified atom stereocenters. The first-order chi connectivity index (χ1) is 12.3. The second-order valence-electron chi connectivity index (χ2n) is 6.56. The Morgan fingerprint density at radius 2 is 1.81 bits per heavy atom. The van der Waals surface area contributed by atoms with Crippen molar-refractivity contribution in [1.29, 1.82) is 0 Å². The molecule has 7 nitrogen and oxygen atoms in total. The molecule has 1 aromatic carbocycles. The predicted octanol–water partition coefficient (Wildman–Crippen LogP) is 0.200. The van der Waals surface area contributed by atoms with Crippen LogP contribution in [0.15, 0.2) is 29.2 Å². The SMILES string of the molecule is CN1CCN(CCCNC(=O)CN(C)S(=O)(=O)c2ccc(F)cc2)CC1. The lowest BCUT2D eigenvalue weighted by molar-refractivity contribution is -0.121. The van der Waals surface area contributed by atoms with Crippen molar-refractivity contribution in [1.82, 2.24) is 19.4 Å². The van der Waals surface area contributed by atoms with E-state index in [1.165, 1.54) is 19.2 Å². The topological polar surface area (TPSA) is 73.0 Å². The van der Waals surface area contributed by atoms with Crippen molar-refractivity contribution in [3.05, 3.63) is 30.1 Å². The van der Waals surface area contributed by atoms with Crippen LogP contribution < -0.4 is 5.32 Å². The van der Waals surface area contributed by atoms with Crippen molar-refractivity contribution in [2.75, 3.05) is 59.9 Å². The van der Waals surface area contributed by atoms with Gasteiger partial charge in [-0.2, -0.15) is 4.31 Å². The molecule has 1 N–H and O–H groups in total. The molecule has 0 spiro atoms. The number of amides is 1. The van der Waals surface area contributed by atoms with E-state index in [1.54, 1.807) is 0 Å². The van der Waals surface area contributed by atoms with Gasteiger partial charge in [0.15, 0.2) is 0 Å². The standard InChI is InChI=1S/C17H27FN4O3S/c1-20-10-12-22(13-11-20)9-3-8-19-17(23)14-21(2)26(24,25)16-6-4-15(18)5-7-16/h4-7H,3,8-14H2,1-2H3,(H,19,23). The van der Waals surface area contributed by atoms with Crippen LogP contribution in [0.25, 0.3) is 0 Å². The highest BCUT2D eigenvalue weighted by Gasteiger charge is 2.22. The van der Waals surface area contributed by atoms with Crippen molar-refractivity contribution in [3.63, 3.8) is 0 Å². The Morgan fingerprint density at radius 3 is 2.42 bits per heavy atom. The van der Waals surface area contributed by atoms with Crippen LogP contribution in [0.1, 0.15) is 6.42 Å². The summed E-state index contributed by atoms with van der Waals surface area (Å²) in [6.45, 7) is 5.32. The average molecular weight is 386 g/mol. The number of benzene rings is 1. The highest BCUT2D eigenvalue weighted by molar-refractivity contribution is 7.89. The molecule has 0 bridgehead atoms. The van der Waals surface area contributed by atoms with Gasteiger partial charge in [-0.3, -0.25) is 4.79 Å². The lowest BCUT2D eigenvalue weighted by Crippen LogP contribution is -2.45. The summed E-state index contributed by atoms with van der Waals surface area (Å²) in [4.78, 5) is 16.6. The van der Waals surface area contributed by atoms with E-state index >= 15 is 0 Å². The quantitative estimate of drug-likeness (QED) is 0.646. The summed E-state index contributed by atoms with van der Waals surface area (Å²) < 4.78 is 38.6. The minimum atomic E-state index is -3.81. The third-order valence-electron chi connectivity index (χ3n) is 4.46. The second-order valence-corrected chi connectivity index (χ2v) is 8.61. The third kappa shape index (κ3) is 6.01. The highest BCUT2D eigenvalue weighted by atomic mass is 32.2. The van der Waals surface area contributed by atoms with Crippen molar-refractivity contribution in [2.24, 2.45) is 0 Å². The molecule has 1 heterocycles. The summed E-state index contributed by atoms with van der Waals surface area (Å²) in [5.74, 6) is -0.860. The van der Waals surface area contributed by atoms with E-state index in [1.807, 2.05) is 0 Å². The summed E-state index contributed by atoms with van der Waals surface area (Å²) >= 11 is 0. The molecule has 1 fully saturated rings. The van der Waals surface area contributed by atoms with Gasteiger partial charge in [-0.15, -0.1) is 0 Å². The molecule has 0 aromatic heterocycles. The molecule has 0 radical (unpaired) electrons. The van der Waals surface area contributed by atoms with Crippen LogP contribution >= 0.6 is 0 Å². The Balaban J connectivity index is 1.72. The molecule has 1 aliphatic heterocycles. The molecule has 1 amide bonds. The molecular formula is C17H27FN4O3S. The van der Waals surface area contributed by atoms with Crippen LogP contribution in [-0.4, -0.2) is 88.3 Å². The monoisotopic (exact) mass is 386 g/mol. The number of carbonyl (C=O) groups is 1. The smallest absolute Gasteiger partial charge is 0.243 e. The van der Waals surface area contributed by atoms with E-state index in [-0.39, 0.29) is 17.3 Å². The number of nitrogens with zero attached hydrogens (tertiary/aromatic N) is 3. The molecule has 0 aliphatic carbocycles. The molecule has 9 heteroatoms. The van der Waals surface area contributed by atoms with Crippen molar-refractivity contribution >= 4 is 15.9 Å². The summed E-state index contributed by atoms with van der Waals surface area (Å²) in [7, 11) is -0.370. The van der Waals surface area contributed by atoms with Crippen molar-refractivity contribution in [2.45, 2.75) is 11.3 Å². The number of sulfonamides is 1. The average Bonchev–Trinajstić information content (AvgIpc) is 2.60. The number of hydrogen-bond donors (Lipinski definition) is 1. The Kier molecular flexibility index (Phi) is 7.51. The summed E-state index contributed by atoms with van der Waals surface area (Å²) in [6.07, 6.45) is 0.823. The molecule has 0 atom stereocenters. The normalized spacial score (nSPS) is 16.8. The van der Waals surface area contributed by atoms with Gasteiger partial charge in [-0.25, -0.2) is 12.8 Å². The molecule has 26 heavy (non-hydrogen) atoms. The van der Waals surface area contributed by atoms with Gasteiger partial charge >= 0.3 is 0 Å². The van der Waals surface area contributed by atoms with Crippen LogP contribution in [-0.2, 0) is 14.8 Å². The lowest BCUT2D eigenvalue weighted by atomic mass is 10.3. The third-order valence-corrected chi connectivity index (χ3v) is 6.27. The first kappa shape index (κ1) is 20.8. The van der Waals surface area contributed by atoms with Crippen LogP contribution in [0.2, 0.25) is 0 Å². The van der Waals surface area contributed by atoms with Gasteiger partial charge in [-0.05, 0) is 44.3 Å². The maximum Gasteiger partial charge on any atom is 0.243 e. The van der Waals surface area contributed by atoms with Crippen molar-refractivity contribution in [3.8, 4) is 0 Å². The van der Waals surface area contributed by atoms with E-state index < -0.39 is 15.8 Å². The van der Waals surface area contributed by atoms with E-state index in [0.29, 0.717) is 6.54 Å². The minimum absolute atomic E-state index is 0.0377. The summed E-state index contributed by atoms with van der Waals surface area (Å²) in [5, 5.41) is 2.75. The number of likely N-dealkylation sites (N-methyl/N-ethyl adjacent to an activating group) is 2. The van der Waals surface area contributed by atoms with E-state index in [2.05, 4.69) is 22.2 Å². The molecule has 146 valence electrons. The van der Waals surface area contributed by atoms with Crippen LogP contribution in [0.3, 0.4) is 0 Å². The fourth-order valence-corrected chi connectivity index (χ4v) is 3.86. The molecule has 1 aliphatic rings. The zero-order valence-electron chi connectivity index (χ0n) is 15.3. The van der Waals surface area contributed by atoms with Gasteiger partial charge in [0.25, 0.3) is 0 Å².